The minimum Gasteiger partial charge on any atom is -0.493 e. The molecule has 11 nitrogen and oxygen atoms in total. The summed E-state index contributed by atoms with van der Waals surface area (Å²) < 4.78 is 33.0. The fourth-order valence-electron chi connectivity index (χ4n) is 5.70. The molecule has 1 N–H and O–H groups in total. The lowest BCUT2D eigenvalue weighted by molar-refractivity contribution is 0.0906. The summed E-state index contributed by atoms with van der Waals surface area (Å²) in [5.41, 5.74) is 1.48. The summed E-state index contributed by atoms with van der Waals surface area (Å²) >= 11 is 0. The van der Waals surface area contributed by atoms with E-state index in [0.29, 0.717) is 66.8 Å². The van der Waals surface area contributed by atoms with Gasteiger partial charge in [0.05, 0.1) is 38.1 Å². The average Bonchev–Trinajstić information content (AvgIpc) is 3.66. The Morgan fingerprint density at radius 3 is 2.60 bits per heavy atom. The maximum atomic E-state index is 14.5. The molecule has 0 spiro atoms. The van der Waals surface area contributed by atoms with Gasteiger partial charge in [0.25, 0.3) is 5.56 Å². The van der Waals surface area contributed by atoms with Crippen LogP contribution in [0.1, 0.15) is 30.3 Å². The zero-order chi connectivity index (χ0) is 27.6. The van der Waals surface area contributed by atoms with E-state index in [4.69, 9.17) is 14.2 Å². The van der Waals surface area contributed by atoms with E-state index in [9.17, 15) is 9.18 Å². The number of H-pyrrole nitrogens is 1. The fourth-order valence-corrected chi connectivity index (χ4v) is 5.70. The van der Waals surface area contributed by atoms with E-state index in [-0.39, 0.29) is 17.5 Å². The number of fused-ring (bicyclic) bond motifs is 1. The lowest BCUT2D eigenvalue weighted by Gasteiger charge is -2.39. The number of pyridine rings is 1. The predicted molar refractivity (Wildman–Crippen MR) is 146 cm³/mol. The smallest absolute Gasteiger partial charge is 0.253 e. The molecule has 0 radical (unpaired) electrons. The number of ether oxygens (including phenoxy) is 3. The largest absolute Gasteiger partial charge is 0.493 e. The number of hydrogen-bond acceptors (Lipinski definition) is 9. The summed E-state index contributed by atoms with van der Waals surface area (Å²) in [5.74, 6) is 1.41. The topological polar surface area (TPSA) is 111 Å². The molecule has 2 atom stereocenters. The molecule has 0 aliphatic carbocycles. The molecule has 2 aliphatic heterocycles. The highest BCUT2D eigenvalue weighted by molar-refractivity contribution is 5.83. The van der Waals surface area contributed by atoms with Gasteiger partial charge in [0.1, 0.15) is 11.9 Å². The number of methoxy groups -OCH3 is 2. The Morgan fingerprint density at radius 2 is 1.88 bits per heavy atom. The van der Waals surface area contributed by atoms with Crippen LogP contribution in [0.4, 0.5) is 10.1 Å². The first kappa shape index (κ1) is 26.2. The summed E-state index contributed by atoms with van der Waals surface area (Å²) in [6.07, 6.45) is 1.95. The number of nitrogens with zero attached hydrogens (tertiary/aromatic N) is 6. The summed E-state index contributed by atoms with van der Waals surface area (Å²) in [7, 11) is 3.13. The van der Waals surface area contributed by atoms with Crippen molar-refractivity contribution in [2.75, 3.05) is 51.9 Å². The lowest BCUT2D eigenvalue weighted by Crippen LogP contribution is -2.49. The van der Waals surface area contributed by atoms with Crippen molar-refractivity contribution < 1.29 is 18.6 Å². The maximum absolute atomic E-state index is 14.5. The highest BCUT2D eigenvalue weighted by atomic mass is 19.1. The average molecular weight is 550 g/mol. The SMILES string of the molecule is COc1cc2cc([C@@H](c3nnnn3C[C@H]3CCCO3)N3CCN(c4ccccc4F)CC3)c(=O)[nH]c2cc1OC. The Morgan fingerprint density at radius 1 is 1.10 bits per heavy atom. The Kier molecular flexibility index (Phi) is 7.35. The van der Waals surface area contributed by atoms with Gasteiger partial charge in [-0.2, -0.15) is 0 Å². The molecule has 2 aromatic carbocycles. The van der Waals surface area contributed by atoms with Gasteiger partial charge < -0.3 is 24.1 Å². The van der Waals surface area contributed by atoms with Crippen molar-refractivity contribution in [2.24, 2.45) is 0 Å². The minimum atomic E-state index is -0.527. The number of para-hydroxylation sites is 1. The van der Waals surface area contributed by atoms with Gasteiger partial charge in [0.2, 0.25) is 0 Å². The number of aromatic amines is 1. The number of anilines is 1. The molecule has 0 unspecified atom stereocenters. The molecule has 0 amide bonds. The second-order valence-corrected chi connectivity index (χ2v) is 10.1. The number of hydrogen-bond donors (Lipinski definition) is 1. The molecule has 2 aliphatic rings. The number of nitrogens with one attached hydrogen (secondary N) is 1. The second kappa shape index (κ2) is 11.2. The molecule has 210 valence electrons. The molecule has 2 saturated heterocycles. The van der Waals surface area contributed by atoms with Crippen molar-refractivity contribution in [3.05, 3.63) is 70.0 Å². The molecule has 2 fully saturated rings. The fraction of sp³-hybridized carbons (Fsp3) is 0.429. The van der Waals surface area contributed by atoms with E-state index in [2.05, 4.69) is 25.4 Å². The monoisotopic (exact) mass is 549 g/mol. The van der Waals surface area contributed by atoms with Gasteiger partial charge in [-0.3, -0.25) is 9.69 Å². The molecule has 6 rings (SSSR count). The van der Waals surface area contributed by atoms with Crippen LogP contribution in [-0.4, -0.2) is 83.2 Å². The van der Waals surface area contributed by atoms with Crippen molar-refractivity contribution >= 4 is 16.6 Å². The Labute approximate surface area is 230 Å². The summed E-state index contributed by atoms with van der Waals surface area (Å²) in [5, 5.41) is 13.5. The molecule has 12 heteroatoms. The van der Waals surface area contributed by atoms with E-state index < -0.39 is 6.04 Å². The number of rotatable bonds is 8. The molecular weight excluding hydrogens is 517 g/mol. The normalized spacial score (nSPS) is 18.8. The van der Waals surface area contributed by atoms with Crippen molar-refractivity contribution in [3.8, 4) is 11.5 Å². The van der Waals surface area contributed by atoms with Gasteiger partial charge in [0, 0.05) is 49.8 Å². The molecule has 0 bridgehead atoms. The van der Waals surface area contributed by atoms with E-state index in [0.717, 1.165) is 24.8 Å². The zero-order valence-electron chi connectivity index (χ0n) is 22.5. The van der Waals surface area contributed by atoms with Gasteiger partial charge in [-0.25, -0.2) is 9.07 Å². The van der Waals surface area contributed by atoms with Crippen molar-refractivity contribution in [1.82, 2.24) is 30.1 Å². The third-order valence-electron chi connectivity index (χ3n) is 7.75. The first-order valence-corrected chi connectivity index (χ1v) is 13.5. The van der Waals surface area contributed by atoms with Gasteiger partial charge >= 0.3 is 0 Å². The van der Waals surface area contributed by atoms with Crippen LogP contribution in [0.15, 0.2) is 47.3 Å². The van der Waals surface area contributed by atoms with Crippen molar-refractivity contribution in [3.63, 3.8) is 0 Å². The Bertz CT molecular complexity index is 1540. The molecule has 4 heterocycles. The van der Waals surface area contributed by atoms with Crippen LogP contribution in [0.2, 0.25) is 0 Å². The van der Waals surface area contributed by atoms with Crippen LogP contribution in [0, 0.1) is 5.82 Å². The van der Waals surface area contributed by atoms with Crippen LogP contribution in [0.3, 0.4) is 0 Å². The zero-order valence-corrected chi connectivity index (χ0v) is 22.5. The highest BCUT2D eigenvalue weighted by Crippen LogP contribution is 2.34. The molecule has 0 saturated carbocycles. The predicted octanol–water partition coefficient (Wildman–Crippen LogP) is 2.76. The van der Waals surface area contributed by atoms with Gasteiger partial charge in [0.15, 0.2) is 17.3 Å². The number of benzene rings is 2. The van der Waals surface area contributed by atoms with Gasteiger partial charge in [-0.05, 0) is 47.5 Å². The molecular formula is C28H32FN7O4. The second-order valence-electron chi connectivity index (χ2n) is 10.1. The van der Waals surface area contributed by atoms with E-state index in [1.54, 1.807) is 37.1 Å². The van der Waals surface area contributed by atoms with Gasteiger partial charge in [-0.1, -0.05) is 12.1 Å². The molecule has 40 heavy (non-hydrogen) atoms. The van der Waals surface area contributed by atoms with Crippen LogP contribution >= 0.6 is 0 Å². The lowest BCUT2D eigenvalue weighted by atomic mass is 10.0. The number of aromatic nitrogens is 5. The summed E-state index contributed by atoms with van der Waals surface area (Å²) in [6, 6.07) is 11.7. The van der Waals surface area contributed by atoms with Crippen LogP contribution < -0.4 is 19.9 Å². The third-order valence-corrected chi connectivity index (χ3v) is 7.75. The van der Waals surface area contributed by atoms with E-state index in [1.165, 1.54) is 6.07 Å². The quantitative estimate of drug-likeness (QED) is 0.355. The maximum Gasteiger partial charge on any atom is 0.253 e. The number of tetrazole rings is 1. The number of halogens is 1. The van der Waals surface area contributed by atoms with Crippen molar-refractivity contribution in [1.29, 1.82) is 0 Å². The summed E-state index contributed by atoms with van der Waals surface area (Å²) in [6.45, 7) is 3.55. The molecule has 4 aromatic rings. The van der Waals surface area contributed by atoms with E-state index >= 15 is 0 Å². The minimum absolute atomic E-state index is 0.0208. The number of piperazine rings is 1. The summed E-state index contributed by atoms with van der Waals surface area (Å²) in [4.78, 5) is 20.9. The Balaban J connectivity index is 1.39. The van der Waals surface area contributed by atoms with Gasteiger partial charge in [-0.15, -0.1) is 5.10 Å². The highest BCUT2D eigenvalue weighted by Gasteiger charge is 2.34. The van der Waals surface area contributed by atoms with Crippen LogP contribution in [-0.2, 0) is 11.3 Å². The van der Waals surface area contributed by atoms with Crippen molar-refractivity contribution in [2.45, 2.75) is 31.5 Å². The standard InChI is InChI=1S/C28H32FN7O4/c1-38-24-15-18-14-20(28(37)30-22(18)16-25(24)39-2)26(27-31-32-33-36(27)17-19-6-5-13-40-19)35-11-9-34(10-12-35)23-8-4-3-7-21(23)29/h3-4,7-8,14-16,19,26H,5-6,9-13,17H2,1-2H3,(H,30,37)/t19-,26+/m1/s1. The first-order chi connectivity index (χ1) is 19.6. The third kappa shape index (κ3) is 5.00. The van der Waals surface area contributed by atoms with E-state index in [1.807, 2.05) is 23.1 Å². The van der Waals surface area contributed by atoms with Crippen LogP contribution in [0.25, 0.3) is 10.9 Å². The Hall–Kier alpha value is -4.03. The molecule has 2 aromatic heterocycles. The van der Waals surface area contributed by atoms with Crippen LogP contribution in [0.5, 0.6) is 11.5 Å². The first-order valence-electron chi connectivity index (χ1n) is 13.5.